The molecule has 126 valence electrons. The van der Waals surface area contributed by atoms with Crippen molar-refractivity contribution in [2.24, 2.45) is 0 Å². The first-order chi connectivity index (χ1) is 9.91. The molecule has 8 heteroatoms. The zero-order chi connectivity index (χ0) is 15.6. The molecule has 1 N–H and O–H groups in total. The molecule has 1 aromatic rings. The highest BCUT2D eigenvalue weighted by Gasteiger charge is 2.36. The topological polar surface area (TPSA) is 58.6 Å². The molecule has 1 aromatic carbocycles. The lowest BCUT2D eigenvalue weighted by Crippen LogP contribution is -2.40. The quantitative estimate of drug-likeness (QED) is 0.806. The number of rotatable bonds is 5. The van der Waals surface area contributed by atoms with Crippen molar-refractivity contribution >= 4 is 38.4 Å². The molecule has 0 bridgehead atoms. The largest absolute Gasteiger partial charge is 0.495 e. The van der Waals surface area contributed by atoms with Crippen LogP contribution in [0.4, 0.5) is 0 Å². The standard InChI is InChI=1S/C14H21BrN2O3S.ClH/c1-10-7-13(20-3)14(8-12(10)15)21(18,19)17-6-4-5-11(17)9-16-2;/h7-8,11,16H,4-6,9H2,1-3H3;1H. The SMILES string of the molecule is CNCC1CCCN1S(=O)(=O)c1cc(Br)c(C)cc1OC.Cl. The minimum atomic E-state index is -3.55. The van der Waals surface area contributed by atoms with E-state index in [0.29, 0.717) is 18.8 Å². The van der Waals surface area contributed by atoms with Gasteiger partial charge in [0.15, 0.2) is 0 Å². The second-order valence-electron chi connectivity index (χ2n) is 5.22. The fourth-order valence-electron chi connectivity index (χ4n) is 2.69. The van der Waals surface area contributed by atoms with Gasteiger partial charge in [0.05, 0.1) is 7.11 Å². The molecule has 5 nitrogen and oxygen atoms in total. The third-order valence-corrected chi connectivity index (χ3v) is 6.62. The molecule has 0 radical (unpaired) electrons. The van der Waals surface area contributed by atoms with E-state index in [2.05, 4.69) is 21.2 Å². The van der Waals surface area contributed by atoms with Crippen molar-refractivity contribution in [1.29, 1.82) is 0 Å². The van der Waals surface area contributed by atoms with Crippen LogP contribution in [0.25, 0.3) is 0 Å². The Labute approximate surface area is 147 Å². The first-order valence-corrected chi connectivity index (χ1v) is 9.15. The summed E-state index contributed by atoms with van der Waals surface area (Å²) in [4.78, 5) is 0.227. The molecule has 0 saturated carbocycles. The van der Waals surface area contributed by atoms with Crippen molar-refractivity contribution in [2.45, 2.75) is 30.7 Å². The number of benzene rings is 1. The van der Waals surface area contributed by atoms with Gasteiger partial charge in [-0.05, 0) is 44.5 Å². The van der Waals surface area contributed by atoms with Gasteiger partial charge in [-0.3, -0.25) is 0 Å². The maximum absolute atomic E-state index is 13.0. The van der Waals surface area contributed by atoms with Crippen LogP contribution < -0.4 is 10.1 Å². The average Bonchev–Trinajstić information content (AvgIpc) is 2.90. The van der Waals surface area contributed by atoms with E-state index in [4.69, 9.17) is 4.74 Å². The summed E-state index contributed by atoms with van der Waals surface area (Å²) in [5.74, 6) is 0.394. The highest BCUT2D eigenvalue weighted by molar-refractivity contribution is 9.10. The van der Waals surface area contributed by atoms with Crippen LogP contribution in [0.5, 0.6) is 5.75 Å². The summed E-state index contributed by atoms with van der Waals surface area (Å²) in [7, 11) is -0.218. The Morgan fingerprint density at radius 2 is 2.14 bits per heavy atom. The second kappa shape index (κ2) is 7.97. The lowest BCUT2D eigenvalue weighted by Gasteiger charge is -2.25. The summed E-state index contributed by atoms with van der Waals surface area (Å²) in [6, 6.07) is 3.39. The molecule has 0 amide bonds. The molecule has 1 saturated heterocycles. The van der Waals surface area contributed by atoms with Gasteiger partial charge in [-0.25, -0.2) is 8.42 Å². The zero-order valence-corrected chi connectivity index (χ0v) is 16.1. The van der Waals surface area contributed by atoms with Crippen LogP contribution in [0.15, 0.2) is 21.5 Å². The molecule has 1 aliphatic rings. The van der Waals surface area contributed by atoms with Gasteiger partial charge in [-0.1, -0.05) is 15.9 Å². The van der Waals surface area contributed by atoms with Gasteiger partial charge in [-0.15, -0.1) is 12.4 Å². The molecule has 0 aromatic heterocycles. The molecule has 0 aliphatic carbocycles. The van der Waals surface area contributed by atoms with Crippen molar-refractivity contribution in [1.82, 2.24) is 9.62 Å². The lowest BCUT2D eigenvalue weighted by atomic mass is 10.2. The van der Waals surface area contributed by atoms with E-state index in [1.54, 1.807) is 16.4 Å². The Bertz CT molecular complexity index is 625. The summed E-state index contributed by atoms with van der Waals surface area (Å²) < 4.78 is 33.6. The predicted molar refractivity (Wildman–Crippen MR) is 93.5 cm³/mol. The predicted octanol–water partition coefficient (Wildman–Crippen LogP) is 2.56. The number of hydrogen-bond acceptors (Lipinski definition) is 4. The van der Waals surface area contributed by atoms with Gasteiger partial charge < -0.3 is 10.1 Å². The Morgan fingerprint density at radius 3 is 2.73 bits per heavy atom. The Kier molecular flexibility index (Phi) is 7.14. The normalized spacial score (nSPS) is 19.0. The van der Waals surface area contributed by atoms with Crippen LogP contribution in [0.1, 0.15) is 18.4 Å². The first kappa shape index (κ1) is 19.7. The molecule has 1 fully saturated rings. The van der Waals surface area contributed by atoms with Gasteiger partial charge in [0.1, 0.15) is 10.6 Å². The van der Waals surface area contributed by atoms with Crippen molar-refractivity contribution in [2.75, 3.05) is 27.2 Å². The number of sulfonamides is 1. The second-order valence-corrected chi connectivity index (χ2v) is 7.94. The Hall–Kier alpha value is -0.340. The fourth-order valence-corrected chi connectivity index (χ4v) is 5.04. The lowest BCUT2D eigenvalue weighted by molar-refractivity contribution is 0.370. The number of nitrogens with one attached hydrogen (secondary N) is 1. The maximum atomic E-state index is 13.0. The third kappa shape index (κ3) is 3.76. The van der Waals surface area contributed by atoms with Crippen LogP contribution in [0.3, 0.4) is 0 Å². The Balaban J connectivity index is 0.00000242. The van der Waals surface area contributed by atoms with Crippen molar-refractivity contribution in [3.8, 4) is 5.75 Å². The maximum Gasteiger partial charge on any atom is 0.247 e. The summed E-state index contributed by atoms with van der Waals surface area (Å²) in [5.41, 5.74) is 0.944. The molecule has 1 atom stereocenters. The van der Waals surface area contributed by atoms with Crippen LogP contribution in [0.2, 0.25) is 0 Å². The number of aryl methyl sites for hydroxylation is 1. The molecule has 0 spiro atoms. The van der Waals surface area contributed by atoms with E-state index in [1.165, 1.54) is 7.11 Å². The van der Waals surface area contributed by atoms with Gasteiger partial charge in [0.2, 0.25) is 10.0 Å². The van der Waals surface area contributed by atoms with Crippen LogP contribution in [-0.4, -0.2) is 46.0 Å². The van der Waals surface area contributed by atoms with Crippen LogP contribution >= 0.6 is 28.3 Å². The fraction of sp³-hybridized carbons (Fsp3) is 0.571. The number of halogens is 2. The molecule has 1 unspecified atom stereocenters. The zero-order valence-electron chi connectivity index (χ0n) is 12.9. The van der Waals surface area contributed by atoms with E-state index in [0.717, 1.165) is 22.9 Å². The van der Waals surface area contributed by atoms with E-state index in [9.17, 15) is 8.42 Å². The number of ether oxygens (including phenoxy) is 1. The van der Waals surface area contributed by atoms with E-state index < -0.39 is 10.0 Å². The Morgan fingerprint density at radius 1 is 1.45 bits per heavy atom. The smallest absolute Gasteiger partial charge is 0.247 e. The molecule has 2 rings (SSSR count). The molecular weight excluding hydrogens is 392 g/mol. The number of hydrogen-bond donors (Lipinski definition) is 1. The van der Waals surface area contributed by atoms with Crippen LogP contribution in [-0.2, 0) is 10.0 Å². The third-order valence-electron chi connectivity index (χ3n) is 3.79. The van der Waals surface area contributed by atoms with Gasteiger partial charge in [0.25, 0.3) is 0 Å². The van der Waals surface area contributed by atoms with Crippen LogP contribution in [0, 0.1) is 6.92 Å². The summed E-state index contributed by atoms with van der Waals surface area (Å²) in [6.45, 7) is 3.13. The minimum absolute atomic E-state index is 0. The molecular formula is C14H22BrClN2O3S. The van der Waals surface area contributed by atoms with Crippen molar-refractivity contribution in [3.63, 3.8) is 0 Å². The van der Waals surface area contributed by atoms with E-state index in [1.807, 2.05) is 14.0 Å². The first-order valence-electron chi connectivity index (χ1n) is 6.92. The molecule has 1 heterocycles. The van der Waals surface area contributed by atoms with Crippen molar-refractivity contribution < 1.29 is 13.2 Å². The highest BCUT2D eigenvalue weighted by atomic mass is 79.9. The highest BCUT2D eigenvalue weighted by Crippen LogP contribution is 2.34. The number of methoxy groups -OCH3 is 1. The van der Waals surface area contributed by atoms with Gasteiger partial charge in [-0.2, -0.15) is 4.31 Å². The minimum Gasteiger partial charge on any atom is -0.495 e. The summed E-state index contributed by atoms with van der Waals surface area (Å²) in [6.07, 6.45) is 1.77. The van der Waals surface area contributed by atoms with Gasteiger partial charge in [0, 0.05) is 23.6 Å². The van der Waals surface area contributed by atoms with E-state index in [-0.39, 0.29) is 23.3 Å². The summed E-state index contributed by atoms with van der Waals surface area (Å²) >= 11 is 3.41. The number of likely N-dealkylation sites (N-methyl/N-ethyl adjacent to an activating group) is 1. The molecule has 22 heavy (non-hydrogen) atoms. The average molecular weight is 414 g/mol. The summed E-state index contributed by atoms with van der Waals surface area (Å²) in [5, 5.41) is 3.07. The van der Waals surface area contributed by atoms with Gasteiger partial charge >= 0.3 is 0 Å². The van der Waals surface area contributed by atoms with Crippen molar-refractivity contribution in [3.05, 3.63) is 22.2 Å². The van der Waals surface area contributed by atoms with E-state index >= 15 is 0 Å². The number of nitrogens with zero attached hydrogens (tertiary/aromatic N) is 1. The molecule has 1 aliphatic heterocycles. The monoisotopic (exact) mass is 412 g/mol.